The van der Waals surface area contributed by atoms with Crippen LogP contribution in [0.2, 0.25) is 0 Å². The largest absolute Gasteiger partial charge is 1.00 e. The summed E-state index contributed by atoms with van der Waals surface area (Å²) in [5.74, 6) is -0.911. The normalized spacial score (nSPS) is 11.6. The zero-order valence-electron chi connectivity index (χ0n) is 9.54. The lowest BCUT2D eigenvalue weighted by Gasteiger charge is -2.03. The fraction of sp³-hybridized carbons (Fsp3) is 0.182. The van der Waals surface area contributed by atoms with E-state index in [1.807, 2.05) is 12.1 Å². The number of rotatable bonds is 6. The van der Waals surface area contributed by atoms with Gasteiger partial charge in [0, 0.05) is 6.42 Å². The van der Waals surface area contributed by atoms with E-state index in [-0.39, 0.29) is 12.4 Å². The molecule has 1 amide bonds. The molecule has 0 spiro atoms. The Labute approximate surface area is 110 Å². The number of aliphatic carboxylic acids is 1. The molecule has 1 rings (SSSR count). The Morgan fingerprint density at radius 3 is 2.56 bits per heavy atom. The van der Waals surface area contributed by atoms with Gasteiger partial charge in [-0.2, -0.15) is 5.10 Å². The van der Waals surface area contributed by atoms with E-state index in [4.69, 9.17) is 5.11 Å². The molecule has 0 saturated carbocycles. The van der Waals surface area contributed by atoms with Gasteiger partial charge in [0.05, 0.1) is 6.21 Å². The molecular weight excluding hydrogens is 258 g/mol. The minimum Gasteiger partial charge on any atom is -1.00 e. The molecule has 0 fully saturated rings. The Bertz CT molecular complexity index is 420. The minimum atomic E-state index is -0.911. The molecule has 0 bridgehead atoms. The number of nitrogens with zero attached hydrogens (tertiary/aromatic N) is 1. The van der Waals surface area contributed by atoms with Crippen LogP contribution in [0.15, 0.2) is 29.4 Å². The van der Waals surface area contributed by atoms with Crippen LogP contribution in [0.5, 0.6) is 0 Å². The lowest BCUT2D eigenvalue weighted by atomic mass is 10.1. The zero-order valence-corrected chi connectivity index (χ0v) is 10.3. The Morgan fingerprint density at radius 1 is 1.44 bits per heavy atom. The van der Waals surface area contributed by atoms with Crippen molar-refractivity contribution in [2.75, 3.05) is 0 Å². The van der Waals surface area contributed by atoms with Gasteiger partial charge in [-0.1, -0.05) is 24.3 Å². The third-order valence-corrected chi connectivity index (χ3v) is 2.15. The molecular formula is C11H14ClN3O3. The standard InChI is InChI=1S/C11H13N3O3.ClH/c12-10(11(16)17)5-8-1-3-9(4-2-8)6-13-14-7-15;/h1-4,6-7,10H,5,12H2,(H,14,15)(H,16,17);1H/b13-6+;. The van der Waals surface area contributed by atoms with Crippen LogP contribution in [0.4, 0.5) is 0 Å². The van der Waals surface area contributed by atoms with Crippen molar-refractivity contribution in [1.29, 1.82) is 0 Å². The molecule has 1 aromatic carbocycles. The molecule has 0 aromatic heterocycles. The summed E-state index contributed by atoms with van der Waals surface area (Å²) in [5.41, 5.74) is 7.42. The highest BCUT2D eigenvalue weighted by atomic mass is 35.5. The molecule has 0 radical (unpaired) electrons. The van der Waals surface area contributed by atoms with Crippen LogP contribution in [0, 0.1) is 0 Å². The van der Waals surface area contributed by atoms with Gasteiger partial charge in [0.25, 0.3) is 0 Å². The highest BCUT2D eigenvalue weighted by Gasteiger charge is 2.15. The van der Waals surface area contributed by atoms with Gasteiger partial charge in [-0.3, -0.25) is 4.79 Å². The predicted octanol–water partition coefficient (Wildman–Crippen LogP) is -3.99. The maximum atomic E-state index is 10.6. The number of carboxylic acids is 1. The predicted molar refractivity (Wildman–Crippen MR) is 61.3 cm³/mol. The number of nitrogens with one attached hydrogen (secondary N) is 1. The molecule has 7 heteroatoms. The van der Waals surface area contributed by atoms with Crippen LogP contribution < -0.4 is 23.6 Å². The lowest BCUT2D eigenvalue weighted by molar-refractivity contribution is -0.407. The number of hydrogen-bond acceptors (Lipinski definition) is 3. The van der Waals surface area contributed by atoms with E-state index in [2.05, 4.69) is 16.3 Å². The van der Waals surface area contributed by atoms with E-state index in [0.717, 1.165) is 11.1 Å². The SMILES string of the molecule is [Cl-].[NH3+]C(Cc1ccc(/C=N/NC=O)cc1)C(=O)O. The number of benzene rings is 1. The molecule has 0 aliphatic heterocycles. The summed E-state index contributed by atoms with van der Waals surface area (Å²) in [6, 6.07) is 6.55. The van der Waals surface area contributed by atoms with Crippen molar-refractivity contribution in [2.45, 2.75) is 12.5 Å². The summed E-state index contributed by atoms with van der Waals surface area (Å²) in [6.07, 6.45) is 2.36. The molecule has 0 aliphatic carbocycles. The molecule has 0 aliphatic rings. The maximum absolute atomic E-state index is 10.6. The first kappa shape index (κ1) is 16.1. The second-order valence-electron chi connectivity index (χ2n) is 3.49. The summed E-state index contributed by atoms with van der Waals surface area (Å²) in [5, 5.41) is 12.3. The number of amides is 1. The van der Waals surface area contributed by atoms with Crippen LogP contribution in [0.3, 0.4) is 0 Å². The summed E-state index contributed by atoms with van der Waals surface area (Å²) in [6.45, 7) is 0. The highest BCUT2D eigenvalue weighted by molar-refractivity contribution is 5.80. The van der Waals surface area contributed by atoms with E-state index in [1.165, 1.54) is 6.21 Å². The zero-order chi connectivity index (χ0) is 12.7. The molecule has 0 heterocycles. The first-order chi connectivity index (χ1) is 8.13. The van der Waals surface area contributed by atoms with Crippen molar-refractivity contribution in [2.24, 2.45) is 5.10 Å². The summed E-state index contributed by atoms with van der Waals surface area (Å²) in [7, 11) is 0. The second-order valence-corrected chi connectivity index (χ2v) is 3.49. The van der Waals surface area contributed by atoms with Gasteiger partial charge in [0.2, 0.25) is 6.41 Å². The monoisotopic (exact) mass is 271 g/mol. The Hall–Kier alpha value is -1.92. The number of quaternary nitrogens is 1. The molecule has 5 N–H and O–H groups in total. The van der Waals surface area contributed by atoms with E-state index in [1.54, 1.807) is 12.1 Å². The van der Waals surface area contributed by atoms with Gasteiger partial charge in [0.1, 0.15) is 0 Å². The highest BCUT2D eigenvalue weighted by Crippen LogP contribution is 2.04. The average molecular weight is 272 g/mol. The third-order valence-electron chi connectivity index (χ3n) is 2.15. The van der Waals surface area contributed by atoms with E-state index in [9.17, 15) is 9.59 Å². The van der Waals surface area contributed by atoms with Crippen molar-refractivity contribution in [1.82, 2.24) is 5.43 Å². The molecule has 1 aromatic rings. The fourth-order valence-electron chi connectivity index (χ4n) is 1.25. The summed E-state index contributed by atoms with van der Waals surface area (Å²) in [4.78, 5) is 20.6. The molecule has 0 saturated heterocycles. The number of hydrazone groups is 1. The van der Waals surface area contributed by atoms with Crippen LogP contribution in [0.25, 0.3) is 0 Å². The van der Waals surface area contributed by atoms with Gasteiger partial charge in [-0.25, -0.2) is 10.2 Å². The van der Waals surface area contributed by atoms with E-state index in [0.29, 0.717) is 12.8 Å². The van der Waals surface area contributed by atoms with Gasteiger partial charge in [-0.15, -0.1) is 0 Å². The number of halogens is 1. The van der Waals surface area contributed by atoms with Crippen molar-refractivity contribution < 1.29 is 32.8 Å². The van der Waals surface area contributed by atoms with Gasteiger partial charge in [-0.05, 0) is 11.1 Å². The number of carbonyl (C=O) groups excluding carboxylic acids is 1. The fourth-order valence-corrected chi connectivity index (χ4v) is 1.25. The van der Waals surface area contributed by atoms with Crippen LogP contribution in [-0.2, 0) is 16.0 Å². The van der Waals surface area contributed by atoms with Crippen molar-refractivity contribution in [3.05, 3.63) is 35.4 Å². The van der Waals surface area contributed by atoms with Crippen LogP contribution in [0.1, 0.15) is 11.1 Å². The van der Waals surface area contributed by atoms with Gasteiger partial charge in [0.15, 0.2) is 6.04 Å². The topological polar surface area (TPSA) is 106 Å². The molecule has 18 heavy (non-hydrogen) atoms. The Balaban J connectivity index is 0.00000289. The van der Waals surface area contributed by atoms with Crippen molar-refractivity contribution in [3.63, 3.8) is 0 Å². The number of hydrogen-bond donors (Lipinski definition) is 3. The first-order valence-electron chi connectivity index (χ1n) is 5.00. The van der Waals surface area contributed by atoms with E-state index >= 15 is 0 Å². The van der Waals surface area contributed by atoms with Gasteiger partial charge >= 0.3 is 5.97 Å². The third kappa shape index (κ3) is 5.42. The minimum absolute atomic E-state index is 0. The maximum Gasteiger partial charge on any atom is 0.362 e. The van der Waals surface area contributed by atoms with Crippen LogP contribution >= 0.6 is 0 Å². The smallest absolute Gasteiger partial charge is 0.362 e. The quantitative estimate of drug-likeness (QED) is 0.279. The van der Waals surface area contributed by atoms with Crippen molar-refractivity contribution in [3.8, 4) is 0 Å². The second kappa shape index (κ2) is 8.21. The van der Waals surface area contributed by atoms with Gasteiger partial charge < -0.3 is 23.2 Å². The van der Waals surface area contributed by atoms with E-state index < -0.39 is 12.0 Å². The first-order valence-corrected chi connectivity index (χ1v) is 5.00. The lowest BCUT2D eigenvalue weighted by Crippen LogP contribution is -3.00. The Morgan fingerprint density at radius 2 is 2.06 bits per heavy atom. The molecule has 1 unspecified atom stereocenters. The van der Waals surface area contributed by atoms with Crippen molar-refractivity contribution >= 4 is 18.6 Å². The Kier molecular flexibility index (Phi) is 7.34. The molecule has 98 valence electrons. The number of carboxylic acid groups (broad SMARTS) is 1. The summed E-state index contributed by atoms with van der Waals surface area (Å²) < 4.78 is 0. The average Bonchev–Trinajstić information content (AvgIpc) is 2.31. The summed E-state index contributed by atoms with van der Waals surface area (Å²) >= 11 is 0. The molecule has 6 nitrogen and oxygen atoms in total. The van der Waals surface area contributed by atoms with Crippen LogP contribution in [-0.4, -0.2) is 29.7 Å². The molecule has 1 atom stereocenters. The number of carbonyl (C=O) groups is 2.